The van der Waals surface area contributed by atoms with Crippen molar-refractivity contribution < 1.29 is 9.53 Å². The minimum absolute atomic E-state index is 0.467. The molecule has 1 unspecified atom stereocenters. The van der Waals surface area contributed by atoms with Gasteiger partial charge in [0.05, 0.1) is 6.61 Å². The van der Waals surface area contributed by atoms with Crippen LogP contribution in [0.25, 0.3) is 0 Å². The van der Waals surface area contributed by atoms with E-state index in [-0.39, 0.29) is 0 Å². The van der Waals surface area contributed by atoms with E-state index >= 15 is 0 Å². The molecule has 0 aromatic heterocycles. The highest BCUT2D eigenvalue weighted by molar-refractivity contribution is 9.10. The van der Waals surface area contributed by atoms with E-state index in [1.165, 1.54) is 0 Å². The van der Waals surface area contributed by atoms with E-state index in [1.54, 1.807) is 19.2 Å². The number of hydrogen-bond acceptors (Lipinski definition) is 3. The molecule has 0 spiro atoms. The maximum absolute atomic E-state index is 11.4. The van der Waals surface area contributed by atoms with Crippen molar-refractivity contribution in [3.8, 4) is 0 Å². The van der Waals surface area contributed by atoms with Gasteiger partial charge in [0.25, 0.3) is 0 Å². The first kappa shape index (κ1) is 14.4. The zero-order valence-corrected chi connectivity index (χ0v) is 11.7. The number of nitrogens with one attached hydrogen (secondary N) is 1. The molecule has 0 aliphatic rings. The molecule has 6 heteroatoms. The van der Waals surface area contributed by atoms with Crippen molar-refractivity contribution in [1.29, 1.82) is 0 Å². The lowest BCUT2D eigenvalue weighted by Crippen LogP contribution is -2.35. The molecule has 4 nitrogen and oxygen atoms in total. The molecule has 1 atom stereocenters. The molecule has 17 heavy (non-hydrogen) atoms. The molecule has 0 aliphatic carbocycles. The Labute approximate surface area is 114 Å². The van der Waals surface area contributed by atoms with E-state index in [4.69, 9.17) is 22.1 Å². The van der Waals surface area contributed by atoms with E-state index < -0.39 is 11.9 Å². The second-order valence-electron chi connectivity index (χ2n) is 3.45. The molecule has 0 radical (unpaired) electrons. The molecule has 0 fully saturated rings. The summed E-state index contributed by atoms with van der Waals surface area (Å²) in [6.45, 7) is 1.02. The number of nitrogens with two attached hydrogens (primary N) is 1. The third-order valence-corrected chi connectivity index (χ3v) is 3.03. The first-order chi connectivity index (χ1) is 8.06. The van der Waals surface area contributed by atoms with Crippen LogP contribution in [0.15, 0.2) is 22.7 Å². The van der Waals surface area contributed by atoms with Gasteiger partial charge in [-0.15, -0.1) is 0 Å². The molecule has 94 valence electrons. The standard InChI is InChI=1S/C11H14BrClN2O2/c1-17-5-4-15-10(11(14)16)8-3-2-7(12)6-9(8)13/h2-3,6,10,15H,4-5H2,1H3,(H2,14,16). The third-order valence-electron chi connectivity index (χ3n) is 2.21. The molecule has 1 aromatic rings. The van der Waals surface area contributed by atoms with E-state index in [2.05, 4.69) is 21.2 Å². The van der Waals surface area contributed by atoms with Crippen LogP contribution in [0.2, 0.25) is 5.02 Å². The van der Waals surface area contributed by atoms with Gasteiger partial charge in [-0.3, -0.25) is 10.1 Å². The second kappa shape index (κ2) is 6.96. The molecule has 0 aliphatic heterocycles. The highest BCUT2D eigenvalue weighted by Gasteiger charge is 2.19. The Kier molecular flexibility index (Phi) is 5.91. The van der Waals surface area contributed by atoms with Crippen LogP contribution in [-0.4, -0.2) is 26.2 Å². The summed E-state index contributed by atoms with van der Waals surface area (Å²) in [5, 5.41) is 3.49. The van der Waals surface area contributed by atoms with Crippen molar-refractivity contribution in [1.82, 2.24) is 5.32 Å². The summed E-state index contributed by atoms with van der Waals surface area (Å²) in [4.78, 5) is 11.4. The largest absolute Gasteiger partial charge is 0.383 e. The number of amides is 1. The summed E-state index contributed by atoms with van der Waals surface area (Å²) in [6.07, 6.45) is 0. The molecule has 3 N–H and O–H groups in total. The minimum atomic E-state index is -0.606. The zero-order chi connectivity index (χ0) is 12.8. The van der Waals surface area contributed by atoms with Gasteiger partial charge in [-0.1, -0.05) is 33.6 Å². The van der Waals surface area contributed by atoms with Crippen LogP contribution in [0.4, 0.5) is 0 Å². The predicted octanol–water partition coefficient (Wildman–Crippen LogP) is 1.86. The Morgan fingerprint density at radius 2 is 2.35 bits per heavy atom. The Bertz CT molecular complexity index is 401. The number of carbonyl (C=O) groups is 1. The Morgan fingerprint density at radius 3 is 2.88 bits per heavy atom. The van der Waals surface area contributed by atoms with Crippen LogP contribution in [0, 0.1) is 0 Å². The molecular formula is C11H14BrClN2O2. The monoisotopic (exact) mass is 320 g/mol. The molecule has 0 bridgehead atoms. The van der Waals surface area contributed by atoms with Gasteiger partial charge in [-0.2, -0.15) is 0 Å². The maximum atomic E-state index is 11.4. The van der Waals surface area contributed by atoms with Gasteiger partial charge in [0, 0.05) is 23.1 Å². The Hall–Kier alpha value is -0.620. The fourth-order valence-corrected chi connectivity index (χ4v) is 2.19. The number of rotatable bonds is 6. The second-order valence-corrected chi connectivity index (χ2v) is 4.77. The summed E-state index contributed by atoms with van der Waals surface area (Å²) in [5.74, 6) is -0.467. The Balaban J connectivity index is 2.86. The van der Waals surface area contributed by atoms with Crippen LogP contribution in [0.3, 0.4) is 0 Å². The number of halogens is 2. The average Bonchev–Trinajstić information content (AvgIpc) is 2.25. The normalized spacial score (nSPS) is 12.4. The first-order valence-electron chi connectivity index (χ1n) is 5.03. The Morgan fingerprint density at radius 1 is 1.65 bits per heavy atom. The highest BCUT2D eigenvalue weighted by atomic mass is 79.9. The number of primary amides is 1. The van der Waals surface area contributed by atoms with E-state index in [1.807, 2.05) is 6.07 Å². The molecule has 0 saturated heterocycles. The van der Waals surface area contributed by atoms with Crippen molar-refractivity contribution in [3.05, 3.63) is 33.3 Å². The van der Waals surface area contributed by atoms with Gasteiger partial charge in [0.1, 0.15) is 6.04 Å². The first-order valence-corrected chi connectivity index (χ1v) is 6.20. The number of hydrogen-bond donors (Lipinski definition) is 2. The topological polar surface area (TPSA) is 64.3 Å². The molecule has 0 heterocycles. The van der Waals surface area contributed by atoms with Crippen molar-refractivity contribution in [2.75, 3.05) is 20.3 Å². The summed E-state index contributed by atoms with van der Waals surface area (Å²) in [5.41, 5.74) is 6.01. The zero-order valence-electron chi connectivity index (χ0n) is 9.37. The van der Waals surface area contributed by atoms with Crippen LogP contribution >= 0.6 is 27.5 Å². The quantitative estimate of drug-likeness (QED) is 0.786. The third kappa shape index (κ3) is 4.27. The van der Waals surface area contributed by atoms with Crippen molar-refractivity contribution in [2.24, 2.45) is 5.73 Å². The van der Waals surface area contributed by atoms with Crippen LogP contribution in [0.1, 0.15) is 11.6 Å². The van der Waals surface area contributed by atoms with E-state index in [0.717, 1.165) is 4.47 Å². The molecule has 1 rings (SSSR count). The SMILES string of the molecule is COCCNC(C(N)=O)c1ccc(Br)cc1Cl. The summed E-state index contributed by atoms with van der Waals surface area (Å²) < 4.78 is 5.76. The summed E-state index contributed by atoms with van der Waals surface area (Å²) >= 11 is 9.38. The number of carbonyl (C=O) groups excluding carboxylic acids is 1. The number of benzene rings is 1. The molecular weight excluding hydrogens is 307 g/mol. The highest BCUT2D eigenvalue weighted by Crippen LogP contribution is 2.26. The molecule has 1 aromatic carbocycles. The average molecular weight is 322 g/mol. The number of methoxy groups -OCH3 is 1. The molecule has 0 saturated carbocycles. The smallest absolute Gasteiger partial charge is 0.239 e. The van der Waals surface area contributed by atoms with Gasteiger partial charge in [0.2, 0.25) is 5.91 Å². The van der Waals surface area contributed by atoms with Gasteiger partial charge >= 0.3 is 0 Å². The van der Waals surface area contributed by atoms with Gasteiger partial charge in [0.15, 0.2) is 0 Å². The molecule has 1 amide bonds. The van der Waals surface area contributed by atoms with E-state index in [9.17, 15) is 4.79 Å². The predicted molar refractivity (Wildman–Crippen MR) is 71.0 cm³/mol. The maximum Gasteiger partial charge on any atom is 0.239 e. The fourth-order valence-electron chi connectivity index (χ4n) is 1.40. The summed E-state index contributed by atoms with van der Waals surface area (Å²) in [7, 11) is 1.59. The summed E-state index contributed by atoms with van der Waals surface area (Å²) in [6, 6.07) is 4.70. The lowest BCUT2D eigenvalue weighted by atomic mass is 10.1. The van der Waals surface area contributed by atoms with Crippen molar-refractivity contribution in [2.45, 2.75) is 6.04 Å². The van der Waals surface area contributed by atoms with Gasteiger partial charge < -0.3 is 10.5 Å². The van der Waals surface area contributed by atoms with Crippen molar-refractivity contribution >= 4 is 33.4 Å². The fraction of sp³-hybridized carbons (Fsp3) is 0.364. The van der Waals surface area contributed by atoms with Gasteiger partial charge in [-0.25, -0.2) is 0 Å². The lowest BCUT2D eigenvalue weighted by Gasteiger charge is -2.17. The van der Waals surface area contributed by atoms with E-state index in [0.29, 0.717) is 23.7 Å². The minimum Gasteiger partial charge on any atom is -0.383 e. The lowest BCUT2D eigenvalue weighted by molar-refractivity contribution is -0.120. The van der Waals surface area contributed by atoms with Gasteiger partial charge in [-0.05, 0) is 17.7 Å². The van der Waals surface area contributed by atoms with Crippen molar-refractivity contribution in [3.63, 3.8) is 0 Å². The van der Waals surface area contributed by atoms with Crippen LogP contribution in [-0.2, 0) is 9.53 Å². The number of ether oxygens (including phenoxy) is 1. The van der Waals surface area contributed by atoms with Crippen LogP contribution < -0.4 is 11.1 Å². The van der Waals surface area contributed by atoms with Crippen LogP contribution in [0.5, 0.6) is 0 Å².